The normalized spacial score (nSPS) is 11.9. The summed E-state index contributed by atoms with van der Waals surface area (Å²) in [5.74, 6) is 5.42. The van der Waals surface area contributed by atoms with E-state index in [9.17, 15) is 0 Å². The highest BCUT2D eigenvalue weighted by Crippen LogP contribution is 2.16. The van der Waals surface area contributed by atoms with Crippen molar-refractivity contribution in [3.05, 3.63) is 5.82 Å². The molecule has 0 amide bonds. The number of nitrogens with one attached hydrogen (secondary N) is 1. The maximum absolute atomic E-state index is 4.98. The fraction of sp³-hybridized carbons (Fsp3) is 0.750. The summed E-state index contributed by atoms with van der Waals surface area (Å²) < 4.78 is 0. The van der Waals surface area contributed by atoms with Crippen LogP contribution in [0, 0.1) is 0 Å². The zero-order chi connectivity index (χ0) is 7.61. The van der Waals surface area contributed by atoms with Crippen molar-refractivity contribution >= 4 is 0 Å². The van der Waals surface area contributed by atoms with Crippen LogP contribution in [0.25, 0.3) is 0 Å². The molecule has 0 saturated carbocycles. The SMILES string of the molecule is CC(C)(ON)c1nn[nH]n1. The predicted octanol–water partition coefficient (Wildman–Crippen LogP) is -0.675. The molecule has 1 rings (SSSR count). The number of H-pyrrole nitrogens is 1. The molecule has 1 aromatic heterocycles. The number of tetrazole rings is 1. The van der Waals surface area contributed by atoms with Crippen molar-refractivity contribution < 1.29 is 4.84 Å². The monoisotopic (exact) mass is 143 g/mol. The Bertz CT molecular complexity index is 193. The quantitative estimate of drug-likeness (QED) is 0.535. The van der Waals surface area contributed by atoms with Gasteiger partial charge < -0.3 is 0 Å². The number of hydrogen-bond acceptors (Lipinski definition) is 5. The first-order valence-electron chi connectivity index (χ1n) is 2.78. The number of hydrogen-bond donors (Lipinski definition) is 2. The van der Waals surface area contributed by atoms with E-state index in [1.807, 2.05) is 0 Å². The lowest BCUT2D eigenvalue weighted by molar-refractivity contribution is -0.0302. The third-order valence-corrected chi connectivity index (χ3v) is 1.18. The molecule has 0 radical (unpaired) electrons. The number of aromatic amines is 1. The molecule has 1 heterocycles. The van der Waals surface area contributed by atoms with E-state index in [4.69, 9.17) is 5.90 Å². The molecule has 0 saturated heterocycles. The van der Waals surface area contributed by atoms with E-state index in [0.29, 0.717) is 5.82 Å². The molecule has 56 valence electrons. The average molecular weight is 143 g/mol. The maximum atomic E-state index is 4.98. The zero-order valence-electron chi connectivity index (χ0n) is 5.83. The van der Waals surface area contributed by atoms with Crippen LogP contribution in [0.1, 0.15) is 19.7 Å². The molecule has 6 heteroatoms. The van der Waals surface area contributed by atoms with E-state index in [-0.39, 0.29) is 0 Å². The molecule has 0 spiro atoms. The Morgan fingerprint density at radius 2 is 2.30 bits per heavy atom. The van der Waals surface area contributed by atoms with E-state index in [1.165, 1.54) is 0 Å². The van der Waals surface area contributed by atoms with Crippen molar-refractivity contribution in [3.8, 4) is 0 Å². The van der Waals surface area contributed by atoms with Crippen LogP contribution in [0.15, 0.2) is 0 Å². The molecular weight excluding hydrogens is 134 g/mol. The summed E-state index contributed by atoms with van der Waals surface area (Å²) in [6, 6.07) is 0. The summed E-state index contributed by atoms with van der Waals surface area (Å²) in [5, 5.41) is 13.1. The molecule has 10 heavy (non-hydrogen) atoms. The van der Waals surface area contributed by atoms with Crippen molar-refractivity contribution in [2.75, 3.05) is 0 Å². The van der Waals surface area contributed by atoms with E-state index in [2.05, 4.69) is 25.5 Å². The van der Waals surface area contributed by atoms with Gasteiger partial charge in [-0.15, -0.1) is 10.2 Å². The Kier molecular flexibility index (Phi) is 1.64. The molecule has 0 bridgehead atoms. The topological polar surface area (TPSA) is 89.7 Å². The van der Waals surface area contributed by atoms with Gasteiger partial charge in [-0.05, 0) is 13.8 Å². The van der Waals surface area contributed by atoms with E-state index >= 15 is 0 Å². The van der Waals surface area contributed by atoms with Gasteiger partial charge in [0.25, 0.3) is 0 Å². The van der Waals surface area contributed by atoms with Crippen LogP contribution in [-0.4, -0.2) is 20.6 Å². The Hall–Kier alpha value is -1.01. The van der Waals surface area contributed by atoms with Crippen molar-refractivity contribution in [3.63, 3.8) is 0 Å². The minimum absolute atomic E-state index is 0.440. The fourth-order valence-corrected chi connectivity index (χ4v) is 0.470. The first kappa shape index (κ1) is 7.10. The lowest BCUT2D eigenvalue weighted by atomic mass is 10.1. The molecule has 0 unspecified atom stereocenters. The number of nitrogens with zero attached hydrogens (tertiary/aromatic N) is 3. The number of rotatable bonds is 2. The second-order valence-corrected chi connectivity index (χ2v) is 2.36. The molecule has 1 aromatic rings. The summed E-state index contributed by atoms with van der Waals surface area (Å²) in [4.78, 5) is 4.60. The average Bonchev–Trinajstić information content (AvgIpc) is 2.38. The molecular formula is C4H9N5O. The maximum Gasteiger partial charge on any atom is 0.207 e. The third-order valence-electron chi connectivity index (χ3n) is 1.18. The van der Waals surface area contributed by atoms with Gasteiger partial charge in [0.1, 0.15) is 5.60 Å². The van der Waals surface area contributed by atoms with Gasteiger partial charge in [0.15, 0.2) is 0 Å². The fourth-order valence-electron chi connectivity index (χ4n) is 0.470. The van der Waals surface area contributed by atoms with Gasteiger partial charge >= 0.3 is 0 Å². The molecule has 0 aromatic carbocycles. The van der Waals surface area contributed by atoms with Crippen LogP contribution in [0.2, 0.25) is 0 Å². The van der Waals surface area contributed by atoms with Crippen molar-refractivity contribution in [2.45, 2.75) is 19.4 Å². The van der Waals surface area contributed by atoms with Crippen LogP contribution in [0.5, 0.6) is 0 Å². The number of nitrogens with two attached hydrogens (primary N) is 1. The van der Waals surface area contributed by atoms with E-state index in [1.54, 1.807) is 13.8 Å². The third kappa shape index (κ3) is 1.12. The molecule has 0 fully saturated rings. The van der Waals surface area contributed by atoms with Crippen molar-refractivity contribution in [1.82, 2.24) is 20.6 Å². The van der Waals surface area contributed by atoms with Crippen molar-refractivity contribution in [2.24, 2.45) is 5.90 Å². The largest absolute Gasteiger partial charge is 0.290 e. The van der Waals surface area contributed by atoms with Gasteiger partial charge in [0.05, 0.1) is 0 Å². The summed E-state index contributed by atoms with van der Waals surface area (Å²) in [7, 11) is 0. The Morgan fingerprint density at radius 3 is 2.70 bits per heavy atom. The van der Waals surface area contributed by atoms with Gasteiger partial charge in [-0.3, -0.25) is 4.84 Å². The molecule has 0 atom stereocenters. The van der Waals surface area contributed by atoms with Gasteiger partial charge in [0.2, 0.25) is 5.82 Å². The highest BCUT2D eigenvalue weighted by atomic mass is 16.6. The standard InChI is InChI=1S/C4H9N5O/c1-4(2,10-5)3-6-8-9-7-3/h5H2,1-2H3,(H,6,7,8,9). The molecule has 0 aliphatic carbocycles. The first-order valence-corrected chi connectivity index (χ1v) is 2.78. The van der Waals surface area contributed by atoms with Gasteiger partial charge in [-0.1, -0.05) is 5.21 Å². The van der Waals surface area contributed by atoms with E-state index < -0.39 is 5.60 Å². The highest BCUT2D eigenvalue weighted by Gasteiger charge is 2.25. The smallest absolute Gasteiger partial charge is 0.207 e. The van der Waals surface area contributed by atoms with E-state index in [0.717, 1.165) is 0 Å². The Morgan fingerprint density at radius 1 is 1.60 bits per heavy atom. The minimum Gasteiger partial charge on any atom is -0.290 e. The molecule has 6 nitrogen and oxygen atoms in total. The van der Waals surface area contributed by atoms with Crippen LogP contribution in [0.3, 0.4) is 0 Å². The first-order chi connectivity index (χ1) is 4.67. The van der Waals surface area contributed by atoms with Gasteiger partial charge in [-0.25, -0.2) is 5.90 Å². The lowest BCUT2D eigenvalue weighted by Crippen LogP contribution is -2.26. The predicted molar refractivity (Wildman–Crippen MR) is 32.5 cm³/mol. The van der Waals surface area contributed by atoms with Crippen LogP contribution in [-0.2, 0) is 10.4 Å². The summed E-state index contributed by atoms with van der Waals surface area (Å²) in [6.07, 6.45) is 0. The zero-order valence-corrected chi connectivity index (χ0v) is 5.83. The summed E-state index contributed by atoms with van der Waals surface area (Å²) >= 11 is 0. The van der Waals surface area contributed by atoms with Crippen molar-refractivity contribution in [1.29, 1.82) is 0 Å². The molecule has 3 N–H and O–H groups in total. The highest BCUT2D eigenvalue weighted by molar-refractivity contribution is 4.91. The minimum atomic E-state index is -0.674. The molecule has 0 aliphatic rings. The van der Waals surface area contributed by atoms with Gasteiger partial charge in [-0.2, -0.15) is 5.21 Å². The van der Waals surface area contributed by atoms with Crippen LogP contribution < -0.4 is 5.90 Å². The van der Waals surface area contributed by atoms with Gasteiger partial charge in [0, 0.05) is 0 Å². The Labute approximate surface area is 57.7 Å². The summed E-state index contributed by atoms with van der Waals surface area (Å²) in [5.41, 5.74) is -0.674. The Balaban J connectivity index is 2.85. The second kappa shape index (κ2) is 2.31. The second-order valence-electron chi connectivity index (χ2n) is 2.36. The lowest BCUT2D eigenvalue weighted by Gasteiger charge is -2.15. The number of aromatic nitrogens is 4. The van der Waals surface area contributed by atoms with Crippen LogP contribution >= 0.6 is 0 Å². The molecule has 0 aliphatic heterocycles. The summed E-state index contributed by atoms with van der Waals surface area (Å²) in [6.45, 7) is 3.50. The van der Waals surface area contributed by atoms with Crippen LogP contribution in [0.4, 0.5) is 0 Å².